The van der Waals surface area contributed by atoms with Gasteiger partial charge in [-0.2, -0.15) is 0 Å². The molecular formula is C16H15NO. The molecule has 18 heavy (non-hydrogen) atoms. The summed E-state index contributed by atoms with van der Waals surface area (Å²) in [7, 11) is 0. The molecule has 0 bridgehead atoms. The first-order chi connectivity index (χ1) is 8.86. The summed E-state index contributed by atoms with van der Waals surface area (Å²) in [6.07, 6.45) is 10.9. The summed E-state index contributed by atoms with van der Waals surface area (Å²) < 4.78 is 0. The molecule has 2 rings (SSSR count). The number of hydrogen-bond acceptors (Lipinski definition) is 2. The van der Waals surface area contributed by atoms with E-state index in [2.05, 4.69) is 16.4 Å². The third-order valence-corrected chi connectivity index (χ3v) is 2.76. The molecule has 0 saturated heterocycles. The number of pyridine rings is 1. The lowest BCUT2D eigenvalue weighted by molar-refractivity contribution is 0.0974. The van der Waals surface area contributed by atoms with Crippen molar-refractivity contribution in [1.82, 2.24) is 4.98 Å². The van der Waals surface area contributed by atoms with Gasteiger partial charge in [-0.3, -0.25) is 9.78 Å². The molecule has 0 N–H and O–H groups in total. The number of Topliss-reactive ketones (excluding diaryl/α,β-unsaturated/α-hetero) is 1. The molecule has 90 valence electrons. The predicted octanol–water partition coefficient (Wildman–Crippen LogP) is 3.63. The van der Waals surface area contributed by atoms with Gasteiger partial charge in [0.25, 0.3) is 0 Å². The van der Waals surface area contributed by atoms with Crippen LogP contribution in [0, 0.1) is 0 Å². The van der Waals surface area contributed by atoms with Crippen LogP contribution in [-0.4, -0.2) is 10.8 Å². The number of carbonyl (C=O) groups excluding carboxylic acids is 1. The summed E-state index contributed by atoms with van der Waals surface area (Å²) >= 11 is 0. The maximum Gasteiger partial charge on any atom is 0.181 e. The number of aromatic nitrogens is 1. The van der Waals surface area contributed by atoms with Crippen molar-refractivity contribution in [3.05, 3.63) is 65.4 Å². The van der Waals surface area contributed by atoms with Crippen molar-refractivity contribution >= 4 is 5.78 Å². The third-order valence-electron chi connectivity index (χ3n) is 2.76. The lowest BCUT2D eigenvalue weighted by atomic mass is 10.0. The molecule has 0 radical (unpaired) electrons. The van der Waals surface area contributed by atoms with Gasteiger partial charge in [-0.1, -0.05) is 29.7 Å². The highest BCUT2D eigenvalue weighted by molar-refractivity contribution is 5.94. The first-order valence-corrected chi connectivity index (χ1v) is 6.18. The number of hydrogen-bond donors (Lipinski definition) is 0. The zero-order chi connectivity index (χ0) is 12.6. The highest BCUT2D eigenvalue weighted by Crippen LogP contribution is 2.12. The van der Waals surface area contributed by atoms with E-state index in [-0.39, 0.29) is 5.78 Å². The van der Waals surface area contributed by atoms with Crippen molar-refractivity contribution in [2.24, 2.45) is 0 Å². The van der Waals surface area contributed by atoms with Gasteiger partial charge in [0.1, 0.15) is 5.69 Å². The number of allylic oxidation sites excluding steroid dienone is 4. The quantitative estimate of drug-likeness (QED) is 0.429. The smallest absolute Gasteiger partial charge is 0.181 e. The molecule has 1 aromatic heterocycles. The third kappa shape index (κ3) is 3.71. The largest absolute Gasteiger partial charge is 0.292 e. The van der Waals surface area contributed by atoms with Crippen LogP contribution in [0.15, 0.2) is 59.7 Å². The molecule has 0 atom stereocenters. The van der Waals surface area contributed by atoms with Crippen LogP contribution in [0.1, 0.15) is 36.2 Å². The van der Waals surface area contributed by atoms with Gasteiger partial charge in [-0.15, -0.1) is 0 Å². The Labute approximate surface area is 107 Å². The van der Waals surface area contributed by atoms with Gasteiger partial charge in [-0.05, 0) is 37.5 Å². The second-order valence-electron chi connectivity index (χ2n) is 4.17. The Balaban J connectivity index is 1.73. The summed E-state index contributed by atoms with van der Waals surface area (Å²) in [5.41, 5.74) is 7.72. The van der Waals surface area contributed by atoms with Gasteiger partial charge in [0.05, 0.1) is 0 Å². The molecule has 1 aromatic rings. The van der Waals surface area contributed by atoms with Gasteiger partial charge in [0, 0.05) is 18.2 Å². The van der Waals surface area contributed by atoms with E-state index in [1.807, 2.05) is 30.4 Å². The number of rotatable bonds is 6. The summed E-state index contributed by atoms with van der Waals surface area (Å²) in [6, 6.07) is 5.43. The fraction of sp³-hybridized carbons (Fsp3) is 0.250. The van der Waals surface area contributed by atoms with E-state index in [4.69, 9.17) is 0 Å². The Kier molecular flexibility index (Phi) is 4.49. The molecule has 0 fully saturated rings. The number of unbranched alkanes of at least 4 members (excludes halogenated alkanes) is 1. The molecule has 0 aliphatic heterocycles. The van der Waals surface area contributed by atoms with Crippen LogP contribution < -0.4 is 0 Å². The van der Waals surface area contributed by atoms with E-state index >= 15 is 0 Å². The van der Waals surface area contributed by atoms with Crippen molar-refractivity contribution in [2.75, 3.05) is 0 Å². The van der Waals surface area contributed by atoms with Gasteiger partial charge < -0.3 is 0 Å². The van der Waals surface area contributed by atoms with E-state index in [0.29, 0.717) is 12.1 Å². The molecule has 0 amide bonds. The van der Waals surface area contributed by atoms with Crippen LogP contribution in [0.2, 0.25) is 0 Å². The zero-order valence-electron chi connectivity index (χ0n) is 10.2. The monoisotopic (exact) mass is 237 g/mol. The molecule has 0 unspecified atom stereocenters. The van der Waals surface area contributed by atoms with Crippen molar-refractivity contribution in [2.45, 2.75) is 25.7 Å². The van der Waals surface area contributed by atoms with Crippen LogP contribution in [0.3, 0.4) is 0 Å². The predicted molar refractivity (Wildman–Crippen MR) is 71.3 cm³/mol. The first kappa shape index (κ1) is 12.3. The summed E-state index contributed by atoms with van der Waals surface area (Å²) in [6.45, 7) is 0. The van der Waals surface area contributed by atoms with Gasteiger partial charge in [0.2, 0.25) is 0 Å². The van der Waals surface area contributed by atoms with Gasteiger partial charge in [-0.25, -0.2) is 0 Å². The van der Waals surface area contributed by atoms with Gasteiger partial charge in [0.15, 0.2) is 5.78 Å². The maximum absolute atomic E-state index is 11.8. The minimum absolute atomic E-state index is 0.124. The van der Waals surface area contributed by atoms with Crippen molar-refractivity contribution < 1.29 is 4.79 Å². The van der Waals surface area contributed by atoms with Crippen molar-refractivity contribution in [1.29, 1.82) is 0 Å². The van der Waals surface area contributed by atoms with E-state index in [1.54, 1.807) is 12.3 Å². The molecule has 0 aromatic carbocycles. The highest BCUT2D eigenvalue weighted by Gasteiger charge is 2.05. The highest BCUT2D eigenvalue weighted by atomic mass is 16.1. The summed E-state index contributed by atoms with van der Waals surface area (Å²) in [5.74, 6) is 0.124. The fourth-order valence-corrected chi connectivity index (χ4v) is 1.79. The Hall–Kier alpha value is -2.14. The molecule has 1 aliphatic carbocycles. The lowest BCUT2D eigenvalue weighted by Gasteiger charge is -2.01. The molecule has 2 heteroatoms. The Morgan fingerprint density at radius 1 is 1.28 bits per heavy atom. The summed E-state index contributed by atoms with van der Waals surface area (Å²) in [4.78, 5) is 15.8. The Bertz CT molecular complexity index is 542. The normalized spacial score (nSPS) is 12.6. The standard InChI is InChI=1S/C16H15NO/c18-16(15-11-6-7-13-17-15)12-5-4-10-14-8-2-1-3-9-14/h1-2,6-8,11,13H,4-5,10,12H2. The van der Waals surface area contributed by atoms with Crippen LogP contribution in [-0.2, 0) is 0 Å². The average molecular weight is 237 g/mol. The number of nitrogens with zero attached hydrogens (tertiary/aromatic N) is 1. The van der Waals surface area contributed by atoms with Crippen LogP contribution >= 0.6 is 0 Å². The minimum atomic E-state index is 0.124. The molecule has 0 spiro atoms. The second-order valence-corrected chi connectivity index (χ2v) is 4.17. The molecular weight excluding hydrogens is 222 g/mol. The minimum Gasteiger partial charge on any atom is -0.292 e. The maximum atomic E-state index is 11.8. The summed E-state index contributed by atoms with van der Waals surface area (Å²) in [5, 5.41) is 0. The Morgan fingerprint density at radius 3 is 2.94 bits per heavy atom. The van der Waals surface area contributed by atoms with E-state index in [0.717, 1.165) is 24.8 Å². The van der Waals surface area contributed by atoms with Crippen molar-refractivity contribution in [3.63, 3.8) is 0 Å². The van der Waals surface area contributed by atoms with Gasteiger partial charge >= 0.3 is 0 Å². The molecule has 0 saturated carbocycles. The topological polar surface area (TPSA) is 30.0 Å². The average Bonchev–Trinajstić information content (AvgIpc) is 2.45. The molecule has 1 aliphatic rings. The number of ketones is 1. The van der Waals surface area contributed by atoms with E-state index < -0.39 is 0 Å². The van der Waals surface area contributed by atoms with E-state index in [9.17, 15) is 4.79 Å². The van der Waals surface area contributed by atoms with Crippen LogP contribution in [0.5, 0.6) is 0 Å². The van der Waals surface area contributed by atoms with Crippen molar-refractivity contribution in [3.8, 4) is 0 Å². The van der Waals surface area contributed by atoms with E-state index in [1.165, 1.54) is 0 Å². The Morgan fingerprint density at radius 2 is 2.22 bits per heavy atom. The number of carbonyl (C=O) groups is 1. The van der Waals surface area contributed by atoms with Crippen LogP contribution in [0.25, 0.3) is 0 Å². The molecule has 1 heterocycles. The molecule has 2 nitrogen and oxygen atoms in total. The zero-order valence-corrected chi connectivity index (χ0v) is 10.2. The fourth-order valence-electron chi connectivity index (χ4n) is 1.79. The van der Waals surface area contributed by atoms with Crippen LogP contribution in [0.4, 0.5) is 0 Å². The first-order valence-electron chi connectivity index (χ1n) is 6.18. The SMILES string of the molecule is O=C(CCCCC1=C=C=CC=C1)c1ccccn1. The second kappa shape index (κ2) is 6.56. The lowest BCUT2D eigenvalue weighted by Crippen LogP contribution is -2.01.